The molecule has 2 atom stereocenters. The van der Waals surface area contributed by atoms with Crippen molar-refractivity contribution in [2.24, 2.45) is 5.92 Å². The quantitative estimate of drug-likeness (QED) is 0.791. The SMILES string of the molecule is CC(NC(=O)CNC(c1ccc(F)cc1)C(C)C)c1ccc(F)cc1. The van der Waals surface area contributed by atoms with Crippen molar-refractivity contribution < 1.29 is 13.6 Å². The third-order valence-corrected chi connectivity index (χ3v) is 4.13. The lowest BCUT2D eigenvalue weighted by Crippen LogP contribution is -2.38. The van der Waals surface area contributed by atoms with Crippen LogP contribution in [0.2, 0.25) is 0 Å². The van der Waals surface area contributed by atoms with E-state index in [0.717, 1.165) is 11.1 Å². The van der Waals surface area contributed by atoms with E-state index in [4.69, 9.17) is 0 Å². The fraction of sp³-hybridized carbons (Fsp3) is 0.350. The van der Waals surface area contributed by atoms with Crippen molar-refractivity contribution in [2.75, 3.05) is 6.54 Å². The van der Waals surface area contributed by atoms with Crippen molar-refractivity contribution in [1.82, 2.24) is 10.6 Å². The lowest BCUT2D eigenvalue weighted by molar-refractivity contribution is -0.121. The third-order valence-electron chi connectivity index (χ3n) is 4.13. The Morgan fingerprint density at radius 3 is 1.84 bits per heavy atom. The van der Waals surface area contributed by atoms with E-state index in [9.17, 15) is 13.6 Å². The number of hydrogen-bond acceptors (Lipinski definition) is 2. The van der Waals surface area contributed by atoms with Crippen molar-refractivity contribution in [3.63, 3.8) is 0 Å². The fourth-order valence-corrected chi connectivity index (χ4v) is 2.74. The Balaban J connectivity index is 1.92. The van der Waals surface area contributed by atoms with E-state index in [0.29, 0.717) is 0 Å². The molecular formula is C20H24F2N2O. The van der Waals surface area contributed by atoms with Crippen molar-refractivity contribution >= 4 is 5.91 Å². The summed E-state index contributed by atoms with van der Waals surface area (Å²) in [6.07, 6.45) is 0. The zero-order chi connectivity index (χ0) is 18.4. The summed E-state index contributed by atoms with van der Waals surface area (Å²) >= 11 is 0. The highest BCUT2D eigenvalue weighted by Crippen LogP contribution is 2.21. The van der Waals surface area contributed by atoms with Crippen LogP contribution < -0.4 is 10.6 Å². The first-order chi connectivity index (χ1) is 11.9. The Kier molecular flexibility index (Phi) is 6.65. The van der Waals surface area contributed by atoms with Crippen molar-refractivity contribution in [1.29, 1.82) is 0 Å². The average molecular weight is 346 g/mol. The highest BCUT2D eigenvalue weighted by molar-refractivity contribution is 5.78. The van der Waals surface area contributed by atoms with E-state index in [-0.39, 0.29) is 42.1 Å². The van der Waals surface area contributed by atoms with Gasteiger partial charge in [0.1, 0.15) is 11.6 Å². The standard InChI is InChI=1S/C20H24F2N2O/c1-13(2)20(16-6-10-18(22)11-7-16)23-12-19(25)24-14(3)15-4-8-17(21)9-5-15/h4-11,13-14,20,23H,12H2,1-3H3,(H,24,25). The number of carbonyl (C=O) groups is 1. The van der Waals surface area contributed by atoms with E-state index in [1.54, 1.807) is 24.3 Å². The molecule has 0 aromatic heterocycles. The van der Waals surface area contributed by atoms with Gasteiger partial charge in [-0.25, -0.2) is 8.78 Å². The Labute approximate surface area is 147 Å². The largest absolute Gasteiger partial charge is 0.348 e. The van der Waals surface area contributed by atoms with Gasteiger partial charge < -0.3 is 10.6 Å². The van der Waals surface area contributed by atoms with Crippen LogP contribution >= 0.6 is 0 Å². The van der Waals surface area contributed by atoms with Crippen LogP contribution in [0.4, 0.5) is 8.78 Å². The number of amides is 1. The van der Waals surface area contributed by atoms with Crippen LogP contribution in [-0.4, -0.2) is 12.5 Å². The molecule has 2 unspecified atom stereocenters. The fourth-order valence-electron chi connectivity index (χ4n) is 2.74. The molecule has 25 heavy (non-hydrogen) atoms. The van der Waals surface area contributed by atoms with Gasteiger partial charge in [0.15, 0.2) is 0 Å². The minimum absolute atomic E-state index is 0.0486. The van der Waals surface area contributed by atoms with Crippen molar-refractivity contribution in [3.8, 4) is 0 Å². The molecule has 1 amide bonds. The molecule has 3 nitrogen and oxygen atoms in total. The number of hydrogen-bond donors (Lipinski definition) is 2. The second-order valence-electron chi connectivity index (χ2n) is 6.49. The van der Waals surface area contributed by atoms with Gasteiger partial charge in [0.2, 0.25) is 5.91 Å². The van der Waals surface area contributed by atoms with Gasteiger partial charge in [-0.05, 0) is 48.2 Å². The molecule has 0 heterocycles. The lowest BCUT2D eigenvalue weighted by atomic mass is 9.96. The van der Waals surface area contributed by atoms with Crippen LogP contribution in [0.3, 0.4) is 0 Å². The summed E-state index contributed by atoms with van der Waals surface area (Å²) in [5, 5.41) is 6.11. The Bertz CT molecular complexity index is 684. The molecule has 2 aromatic carbocycles. The first kappa shape index (κ1) is 19.1. The minimum Gasteiger partial charge on any atom is -0.348 e. The maximum Gasteiger partial charge on any atom is 0.234 e. The summed E-state index contributed by atoms with van der Waals surface area (Å²) in [4.78, 5) is 12.2. The zero-order valence-corrected chi connectivity index (χ0v) is 14.7. The van der Waals surface area contributed by atoms with Gasteiger partial charge in [-0.3, -0.25) is 4.79 Å². The second-order valence-corrected chi connectivity index (χ2v) is 6.49. The molecule has 0 saturated carbocycles. The summed E-state index contributed by atoms with van der Waals surface area (Å²) in [5.41, 5.74) is 1.78. The molecule has 0 radical (unpaired) electrons. The van der Waals surface area contributed by atoms with Crippen LogP contribution in [0.5, 0.6) is 0 Å². The molecule has 0 aliphatic rings. The molecule has 0 saturated heterocycles. The summed E-state index contributed by atoms with van der Waals surface area (Å²) in [6.45, 7) is 6.08. The molecular weight excluding hydrogens is 322 g/mol. The molecule has 0 aliphatic heterocycles. The maximum absolute atomic E-state index is 13.1. The smallest absolute Gasteiger partial charge is 0.234 e. The van der Waals surface area contributed by atoms with Gasteiger partial charge in [0, 0.05) is 6.04 Å². The first-order valence-corrected chi connectivity index (χ1v) is 8.40. The summed E-state index contributed by atoms with van der Waals surface area (Å²) in [6, 6.07) is 12.1. The maximum atomic E-state index is 13.1. The molecule has 0 fully saturated rings. The molecule has 0 bridgehead atoms. The Morgan fingerprint density at radius 1 is 0.880 bits per heavy atom. The van der Waals surface area contributed by atoms with E-state index < -0.39 is 0 Å². The van der Waals surface area contributed by atoms with Gasteiger partial charge in [0.25, 0.3) is 0 Å². The van der Waals surface area contributed by atoms with Crippen LogP contribution in [0.15, 0.2) is 48.5 Å². The summed E-state index contributed by atoms with van der Waals surface area (Å²) in [5.74, 6) is -0.488. The number of carbonyl (C=O) groups excluding carboxylic acids is 1. The Hall–Kier alpha value is -2.27. The van der Waals surface area contributed by atoms with E-state index in [2.05, 4.69) is 10.6 Å². The molecule has 2 N–H and O–H groups in total. The van der Waals surface area contributed by atoms with Crippen LogP contribution in [0, 0.1) is 17.6 Å². The summed E-state index contributed by atoms with van der Waals surface area (Å²) < 4.78 is 26.1. The van der Waals surface area contributed by atoms with Crippen LogP contribution in [0.25, 0.3) is 0 Å². The summed E-state index contributed by atoms with van der Waals surface area (Å²) in [7, 11) is 0. The molecule has 5 heteroatoms. The molecule has 2 aromatic rings. The third kappa shape index (κ3) is 5.64. The topological polar surface area (TPSA) is 41.1 Å². The lowest BCUT2D eigenvalue weighted by Gasteiger charge is -2.23. The zero-order valence-electron chi connectivity index (χ0n) is 14.7. The minimum atomic E-state index is -0.303. The molecule has 0 aliphatic carbocycles. The van der Waals surface area contributed by atoms with Gasteiger partial charge in [-0.2, -0.15) is 0 Å². The predicted molar refractivity (Wildman–Crippen MR) is 94.9 cm³/mol. The monoisotopic (exact) mass is 346 g/mol. The van der Waals surface area contributed by atoms with E-state index in [1.807, 2.05) is 20.8 Å². The normalized spacial score (nSPS) is 13.5. The molecule has 134 valence electrons. The highest BCUT2D eigenvalue weighted by Gasteiger charge is 2.17. The van der Waals surface area contributed by atoms with Crippen molar-refractivity contribution in [2.45, 2.75) is 32.9 Å². The number of rotatable bonds is 7. The Morgan fingerprint density at radius 2 is 1.36 bits per heavy atom. The predicted octanol–water partition coefficient (Wildman–Crippen LogP) is 4.13. The van der Waals surface area contributed by atoms with E-state index in [1.165, 1.54) is 24.3 Å². The van der Waals surface area contributed by atoms with Crippen LogP contribution in [-0.2, 0) is 4.79 Å². The average Bonchev–Trinajstić information content (AvgIpc) is 2.57. The number of nitrogens with one attached hydrogen (secondary N) is 2. The van der Waals surface area contributed by atoms with Crippen LogP contribution in [0.1, 0.15) is 44.0 Å². The van der Waals surface area contributed by atoms with Gasteiger partial charge in [-0.1, -0.05) is 38.1 Å². The van der Waals surface area contributed by atoms with Gasteiger partial charge in [-0.15, -0.1) is 0 Å². The second kappa shape index (κ2) is 8.72. The van der Waals surface area contributed by atoms with E-state index >= 15 is 0 Å². The van der Waals surface area contributed by atoms with Crippen molar-refractivity contribution in [3.05, 3.63) is 71.3 Å². The molecule has 0 spiro atoms. The highest BCUT2D eigenvalue weighted by atomic mass is 19.1. The number of benzene rings is 2. The first-order valence-electron chi connectivity index (χ1n) is 8.40. The van der Waals surface area contributed by atoms with Gasteiger partial charge >= 0.3 is 0 Å². The number of halogens is 2. The molecule has 2 rings (SSSR count). The van der Waals surface area contributed by atoms with Gasteiger partial charge in [0.05, 0.1) is 12.6 Å².